The zero-order valence-electron chi connectivity index (χ0n) is 4.98. The minimum absolute atomic E-state index is 0.0217. The van der Waals surface area contributed by atoms with Crippen molar-refractivity contribution < 1.29 is 0 Å². The van der Waals surface area contributed by atoms with E-state index < -0.39 is 0 Å². The van der Waals surface area contributed by atoms with Crippen LogP contribution in [-0.2, 0) is 12.8 Å². The molecule has 1 aliphatic carbocycles. The fraction of sp³-hybridized carbons (Fsp3) is 0.286. The van der Waals surface area contributed by atoms with Gasteiger partial charge in [0.15, 0.2) is 0 Å². The predicted molar refractivity (Wildman–Crippen MR) is 34.5 cm³/mol. The third kappa shape index (κ3) is 0.593. The van der Waals surface area contributed by atoms with Crippen LogP contribution in [0.2, 0.25) is 0 Å². The monoisotopic (exact) mass is 121 g/mol. The Labute approximate surface area is 52.5 Å². The molecule has 2 rings (SSSR count). The quantitative estimate of drug-likeness (QED) is 0.532. The molecule has 0 aliphatic heterocycles. The highest BCUT2D eigenvalue weighted by atomic mass is 16.1. The Kier molecular flexibility index (Phi) is 0.781. The fourth-order valence-electron chi connectivity index (χ4n) is 1.10. The van der Waals surface area contributed by atoms with Gasteiger partial charge in [0.2, 0.25) is 5.56 Å². The maximum Gasteiger partial charge on any atom is 0.248 e. The van der Waals surface area contributed by atoms with Gasteiger partial charge in [-0.2, -0.15) is 0 Å². The molecule has 0 amide bonds. The summed E-state index contributed by atoms with van der Waals surface area (Å²) in [5.74, 6) is 0. The highest BCUT2D eigenvalue weighted by Gasteiger charge is 2.11. The van der Waals surface area contributed by atoms with Crippen molar-refractivity contribution in [3.05, 3.63) is 33.7 Å². The predicted octanol–water partition coefficient (Wildman–Crippen LogP) is 0.473. The summed E-state index contributed by atoms with van der Waals surface area (Å²) < 4.78 is 0. The molecule has 0 unspecified atom stereocenters. The van der Waals surface area contributed by atoms with Crippen LogP contribution >= 0.6 is 0 Å². The van der Waals surface area contributed by atoms with Crippen molar-refractivity contribution in [2.24, 2.45) is 0 Å². The van der Waals surface area contributed by atoms with Crippen LogP contribution in [0.3, 0.4) is 0 Å². The van der Waals surface area contributed by atoms with Crippen LogP contribution in [0.4, 0.5) is 0 Å². The van der Waals surface area contributed by atoms with E-state index >= 15 is 0 Å². The van der Waals surface area contributed by atoms with Crippen molar-refractivity contribution in [3.8, 4) is 0 Å². The average molecular weight is 121 g/mol. The van der Waals surface area contributed by atoms with Crippen molar-refractivity contribution >= 4 is 0 Å². The third-order valence-electron chi connectivity index (χ3n) is 1.77. The van der Waals surface area contributed by atoms with Crippen molar-refractivity contribution in [2.45, 2.75) is 12.8 Å². The van der Waals surface area contributed by atoms with Gasteiger partial charge in [0.1, 0.15) is 0 Å². The lowest BCUT2D eigenvalue weighted by Crippen LogP contribution is -2.15. The minimum atomic E-state index is 0.0217. The average Bonchev–Trinajstić information content (AvgIpc) is 1.78. The van der Waals surface area contributed by atoms with E-state index in [-0.39, 0.29) is 5.56 Å². The molecule has 1 aromatic heterocycles. The van der Waals surface area contributed by atoms with Gasteiger partial charge in [-0.3, -0.25) is 4.79 Å². The number of aromatic amines is 1. The maximum absolute atomic E-state index is 10.6. The van der Waals surface area contributed by atoms with Crippen molar-refractivity contribution in [1.29, 1.82) is 0 Å². The second-order valence-electron chi connectivity index (χ2n) is 2.35. The summed E-state index contributed by atoms with van der Waals surface area (Å²) in [6.45, 7) is 0. The van der Waals surface area contributed by atoms with Gasteiger partial charge in [0, 0.05) is 12.3 Å². The zero-order valence-corrected chi connectivity index (χ0v) is 4.98. The van der Waals surface area contributed by atoms with Crippen LogP contribution in [0.1, 0.15) is 11.1 Å². The Balaban J connectivity index is 2.70. The number of aromatic nitrogens is 1. The van der Waals surface area contributed by atoms with Crippen molar-refractivity contribution in [1.82, 2.24) is 4.98 Å². The summed E-state index contributed by atoms with van der Waals surface area (Å²) in [7, 11) is 0. The number of aryl methyl sites for hydroxylation is 2. The molecule has 0 fully saturated rings. The molecule has 0 spiro atoms. The summed E-state index contributed by atoms with van der Waals surface area (Å²) in [5, 5.41) is 0. The molecular weight excluding hydrogens is 114 g/mol. The molecule has 1 N–H and O–H groups in total. The van der Waals surface area contributed by atoms with E-state index in [2.05, 4.69) is 4.98 Å². The first-order chi connectivity index (χ1) is 4.36. The Hall–Kier alpha value is -1.05. The van der Waals surface area contributed by atoms with Crippen molar-refractivity contribution in [2.75, 3.05) is 0 Å². The van der Waals surface area contributed by atoms with Gasteiger partial charge < -0.3 is 4.98 Å². The molecule has 2 heteroatoms. The molecule has 0 aromatic carbocycles. The smallest absolute Gasteiger partial charge is 0.248 e. The number of H-pyrrole nitrogens is 1. The molecular formula is C7H7NO. The molecule has 0 saturated heterocycles. The van der Waals surface area contributed by atoms with Gasteiger partial charge in [-0.15, -0.1) is 0 Å². The Bertz CT molecular complexity index is 287. The highest BCUT2D eigenvalue weighted by molar-refractivity contribution is 5.31. The van der Waals surface area contributed by atoms with Crippen LogP contribution < -0.4 is 5.56 Å². The first-order valence-corrected chi connectivity index (χ1v) is 3.07. The lowest BCUT2D eigenvalue weighted by Gasteiger charge is -2.15. The van der Waals surface area contributed by atoms with Gasteiger partial charge in [-0.05, 0) is 24.0 Å². The second-order valence-corrected chi connectivity index (χ2v) is 2.35. The fourth-order valence-corrected chi connectivity index (χ4v) is 1.10. The van der Waals surface area contributed by atoms with Gasteiger partial charge in [-0.25, -0.2) is 0 Å². The molecule has 2 nitrogen and oxygen atoms in total. The normalized spacial score (nSPS) is 14.2. The van der Waals surface area contributed by atoms with Gasteiger partial charge >= 0.3 is 0 Å². The Morgan fingerprint density at radius 2 is 2.11 bits per heavy atom. The van der Waals surface area contributed by atoms with Gasteiger partial charge in [0.25, 0.3) is 0 Å². The molecule has 1 aliphatic rings. The van der Waals surface area contributed by atoms with Crippen LogP contribution in [0.25, 0.3) is 0 Å². The SMILES string of the molecule is O=c1cc2c(c[nH]1)CC2. The topological polar surface area (TPSA) is 32.9 Å². The standard InChI is InChI=1S/C7H7NO/c9-7-3-5-1-2-6(5)4-8-7/h3-4H,1-2H2,(H,8,9). The van der Waals surface area contributed by atoms with Crippen LogP contribution in [-0.4, -0.2) is 4.98 Å². The molecule has 0 bridgehead atoms. The summed E-state index contributed by atoms with van der Waals surface area (Å²) in [5.41, 5.74) is 2.54. The van der Waals surface area contributed by atoms with E-state index in [0.29, 0.717) is 0 Å². The summed E-state index contributed by atoms with van der Waals surface area (Å²) in [6.07, 6.45) is 4.02. The van der Waals surface area contributed by atoms with E-state index in [1.165, 1.54) is 11.1 Å². The molecule has 46 valence electrons. The Morgan fingerprint density at radius 1 is 1.33 bits per heavy atom. The number of fused-ring (bicyclic) bond motifs is 1. The second kappa shape index (κ2) is 1.47. The molecule has 1 aromatic rings. The molecule has 0 radical (unpaired) electrons. The summed E-state index contributed by atoms with van der Waals surface area (Å²) >= 11 is 0. The van der Waals surface area contributed by atoms with E-state index in [1.807, 2.05) is 0 Å². The molecule has 1 heterocycles. The molecule has 0 saturated carbocycles. The van der Waals surface area contributed by atoms with Crippen LogP contribution in [0, 0.1) is 0 Å². The summed E-state index contributed by atoms with van der Waals surface area (Å²) in [4.78, 5) is 13.3. The van der Waals surface area contributed by atoms with E-state index in [0.717, 1.165) is 12.8 Å². The van der Waals surface area contributed by atoms with E-state index in [1.54, 1.807) is 12.3 Å². The number of nitrogens with one attached hydrogen (secondary N) is 1. The zero-order chi connectivity index (χ0) is 6.27. The number of rotatable bonds is 0. The Morgan fingerprint density at radius 3 is 2.56 bits per heavy atom. The number of hydrogen-bond donors (Lipinski definition) is 1. The van der Waals surface area contributed by atoms with Crippen molar-refractivity contribution in [3.63, 3.8) is 0 Å². The largest absolute Gasteiger partial charge is 0.329 e. The minimum Gasteiger partial charge on any atom is -0.329 e. The van der Waals surface area contributed by atoms with Gasteiger partial charge in [0.05, 0.1) is 0 Å². The summed E-state index contributed by atoms with van der Waals surface area (Å²) in [6, 6.07) is 1.68. The lowest BCUT2D eigenvalue weighted by atomic mass is 9.91. The first kappa shape index (κ1) is 4.79. The molecule has 9 heavy (non-hydrogen) atoms. The van der Waals surface area contributed by atoms with Gasteiger partial charge in [-0.1, -0.05) is 0 Å². The van der Waals surface area contributed by atoms with Crippen LogP contribution in [0.5, 0.6) is 0 Å². The van der Waals surface area contributed by atoms with E-state index in [9.17, 15) is 4.79 Å². The third-order valence-corrected chi connectivity index (χ3v) is 1.77. The van der Waals surface area contributed by atoms with Crippen LogP contribution in [0.15, 0.2) is 17.1 Å². The number of hydrogen-bond acceptors (Lipinski definition) is 1. The first-order valence-electron chi connectivity index (χ1n) is 3.07. The number of pyridine rings is 1. The molecule has 0 atom stereocenters. The lowest BCUT2D eigenvalue weighted by molar-refractivity contribution is 0.820. The highest BCUT2D eigenvalue weighted by Crippen LogP contribution is 2.18. The van der Waals surface area contributed by atoms with E-state index in [4.69, 9.17) is 0 Å². The maximum atomic E-state index is 10.6.